The van der Waals surface area contributed by atoms with Crippen LogP contribution in [0.5, 0.6) is 0 Å². The van der Waals surface area contributed by atoms with E-state index in [0.29, 0.717) is 39.1 Å². The average Bonchev–Trinajstić information content (AvgIpc) is 2.35. The zero-order valence-corrected chi connectivity index (χ0v) is 12.8. The number of ether oxygens (including phenoxy) is 3. The molecule has 0 aromatic rings. The summed E-state index contributed by atoms with van der Waals surface area (Å²) in [6, 6.07) is 0. The molecule has 1 heterocycles. The highest BCUT2D eigenvalue weighted by molar-refractivity contribution is 5.69. The maximum Gasteiger partial charge on any atom is 0.410 e. The van der Waals surface area contributed by atoms with Crippen LogP contribution in [0.15, 0.2) is 0 Å². The molecule has 1 amide bonds. The normalized spacial score (nSPS) is 19.6. The van der Waals surface area contributed by atoms with E-state index in [1.54, 1.807) is 11.8 Å². The number of carbonyl (C=O) groups excluding carboxylic acids is 2. The molecular formula is C14H25NO5. The highest BCUT2D eigenvalue weighted by Gasteiger charge is 2.28. The van der Waals surface area contributed by atoms with Gasteiger partial charge in [-0.2, -0.15) is 0 Å². The molecule has 0 radical (unpaired) electrons. The number of rotatable bonds is 4. The van der Waals surface area contributed by atoms with Crippen LogP contribution >= 0.6 is 0 Å². The van der Waals surface area contributed by atoms with Crippen LogP contribution in [0.3, 0.4) is 0 Å². The van der Waals surface area contributed by atoms with Gasteiger partial charge in [-0.3, -0.25) is 4.79 Å². The quantitative estimate of drug-likeness (QED) is 0.740. The predicted molar refractivity (Wildman–Crippen MR) is 73.4 cm³/mol. The van der Waals surface area contributed by atoms with Crippen molar-refractivity contribution in [1.29, 1.82) is 0 Å². The molecule has 0 spiro atoms. The minimum atomic E-state index is -0.504. The molecule has 1 aliphatic heterocycles. The Morgan fingerprint density at radius 2 is 2.05 bits per heavy atom. The van der Waals surface area contributed by atoms with Crippen molar-refractivity contribution < 1.29 is 23.8 Å². The second-order valence-electron chi connectivity index (χ2n) is 5.76. The van der Waals surface area contributed by atoms with Crippen LogP contribution in [0.2, 0.25) is 0 Å². The van der Waals surface area contributed by atoms with Crippen molar-refractivity contribution in [1.82, 2.24) is 4.90 Å². The lowest BCUT2D eigenvalue weighted by Crippen LogP contribution is -2.47. The molecule has 0 aromatic heterocycles. The summed E-state index contributed by atoms with van der Waals surface area (Å²) in [7, 11) is 0. The number of amides is 1. The third kappa shape index (κ3) is 6.23. The summed E-state index contributed by atoms with van der Waals surface area (Å²) in [6.45, 7) is 9.11. The summed E-state index contributed by atoms with van der Waals surface area (Å²) < 4.78 is 15.8. The van der Waals surface area contributed by atoms with Gasteiger partial charge in [0.15, 0.2) is 0 Å². The Balaban J connectivity index is 2.38. The van der Waals surface area contributed by atoms with Gasteiger partial charge in [0.25, 0.3) is 0 Å². The molecule has 1 aliphatic rings. The Morgan fingerprint density at radius 1 is 1.35 bits per heavy atom. The Hall–Kier alpha value is -1.30. The van der Waals surface area contributed by atoms with Crippen LogP contribution in [0, 0.1) is 0 Å². The molecule has 1 rings (SSSR count). The van der Waals surface area contributed by atoms with Gasteiger partial charge in [-0.25, -0.2) is 4.79 Å². The van der Waals surface area contributed by atoms with Crippen LogP contribution < -0.4 is 0 Å². The minimum absolute atomic E-state index is 0.138. The van der Waals surface area contributed by atoms with Gasteiger partial charge < -0.3 is 19.1 Å². The van der Waals surface area contributed by atoms with Crippen LogP contribution in [0.1, 0.15) is 40.5 Å². The van der Waals surface area contributed by atoms with Gasteiger partial charge in [-0.15, -0.1) is 0 Å². The lowest BCUT2D eigenvalue weighted by atomic mass is 10.1. The fourth-order valence-electron chi connectivity index (χ4n) is 1.90. The number of nitrogens with zero attached hydrogens (tertiary/aromatic N) is 1. The van der Waals surface area contributed by atoms with Crippen LogP contribution in [0.25, 0.3) is 0 Å². The highest BCUT2D eigenvalue weighted by atomic mass is 16.6. The van der Waals surface area contributed by atoms with Crippen molar-refractivity contribution in [3.05, 3.63) is 0 Å². The van der Waals surface area contributed by atoms with Crippen LogP contribution in [-0.4, -0.2) is 55.0 Å². The van der Waals surface area contributed by atoms with E-state index in [-0.39, 0.29) is 18.2 Å². The Bertz CT molecular complexity index is 337. The van der Waals surface area contributed by atoms with Crippen molar-refractivity contribution in [3.63, 3.8) is 0 Å². The average molecular weight is 287 g/mol. The van der Waals surface area contributed by atoms with Crippen molar-refractivity contribution in [3.8, 4) is 0 Å². The third-order valence-corrected chi connectivity index (χ3v) is 2.77. The zero-order chi connectivity index (χ0) is 15.2. The van der Waals surface area contributed by atoms with Crippen molar-refractivity contribution in [2.24, 2.45) is 0 Å². The van der Waals surface area contributed by atoms with E-state index in [9.17, 15) is 9.59 Å². The number of esters is 1. The summed E-state index contributed by atoms with van der Waals surface area (Å²) in [5.41, 5.74) is -0.504. The Morgan fingerprint density at radius 3 is 2.65 bits per heavy atom. The lowest BCUT2D eigenvalue weighted by molar-refractivity contribution is -0.144. The molecule has 0 bridgehead atoms. The first-order chi connectivity index (χ1) is 9.31. The molecule has 116 valence electrons. The standard InChI is InChI=1S/C14H25NO5/c1-5-18-12(16)7-6-11-10-15(8-9-19-11)13(17)20-14(2,3)4/h11H,5-10H2,1-4H3/t11-/m1/s1. The zero-order valence-electron chi connectivity index (χ0n) is 12.8. The summed E-state index contributed by atoms with van der Waals surface area (Å²) in [4.78, 5) is 24.9. The third-order valence-electron chi connectivity index (χ3n) is 2.77. The summed E-state index contributed by atoms with van der Waals surface area (Å²) in [5.74, 6) is -0.231. The second kappa shape index (κ2) is 7.47. The van der Waals surface area contributed by atoms with E-state index >= 15 is 0 Å². The molecule has 0 aliphatic carbocycles. The van der Waals surface area contributed by atoms with Gasteiger partial charge in [0.2, 0.25) is 0 Å². The largest absolute Gasteiger partial charge is 0.466 e. The van der Waals surface area contributed by atoms with E-state index in [2.05, 4.69) is 0 Å². The number of hydrogen-bond acceptors (Lipinski definition) is 5. The fourth-order valence-corrected chi connectivity index (χ4v) is 1.90. The van der Waals surface area contributed by atoms with Crippen molar-refractivity contribution in [2.45, 2.75) is 52.2 Å². The molecule has 0 unspecified atom stereocenters. The van der Waals surface area contributed by atoms with E-state index in [1.165, 1.54) is 0 Å². The minimum Gasteiger partial charge on any atom is -0.466 e. The molecule has 0 N–H and O–H groups in total. The number of morpholine rings is 1. The fraction of sp³-hybridized carbons (Fsp3) is 0.857. The smallest absolute Gasteiger partial charge is 0.410 e. The molecule has 6 nitrogen and oxygen atoms in total. The maximum atomic E-state index is 12.0. The summed E-state index contributed by atoms with van der Waals surface area (Å²) in [6.07, 6.45) is 0.390. The van der Waals surface area contributed by atoms with Gasteiger partial charge in [0.05, 0.1) is 25.9 Å². The summed E-state index contributed by atoms with van der Waals surface area (Å²) in [5, 5.41) is 0. The Labute approximate surface area is 120 Å². The molecule has 0 saturated carbocycles. The van der Waals surface area contributed by atoms with Crippen molar-refractivity contribution in [2.75, 3.05) is 26.3 Å². The lowest BCUT2D eigenvalue weighted by Gasteiger charge is -2.34. The first kappa shape index (κ1) is 16.8. The number of hydrogen-bond donors (Lipinski definition) is 0. The summed E-state index contributed by atoms with van der Waals surface area (Å²) >= 11 is 0. The van der Waals surface area contributed by atoms with E-state index in [4.69, 9.17) is 14.2 Å². The topological polar surface area (TPSA) is 65.1 Å². The SMILES string of the molecule is CCOC(=O)CC[C@@H]1CN(C(=O)OC(C)(C)C)CCO1. The van der Waals surface area contributed by atoms with E-state index in [0.717, 1.165) is 0 Å². The van der Waals surface area contributed by atoms with E-state index in [1.807, 2.05) is 20.8 Å². The van der Waals surface area contributed by atoms with Crippen LogP contribution in [-0.2, 0) is 19.0 Å². The molecule has 1 atom stereocenters. The first-order valence-electron chi connectivity index (χ1n) is 7.07. The molecule has 1 saturated heterocycles. The highest BCUT2D eigenvalue weighted by Crippen LogP contribution is 2.15. The molecule has 6 heteroatoms. The van der Waals surface area contributed by atoms with Crippen molar-refractivity contribution >= 4 is 12.1 Å². The molecule has 20 heavy (non-hydrogen) atoms. The van der Waals surface area contributed by atoms with Gasteiger partial charge in [0, 0.05) is 13.0 Å². The second-order valence-corrected chi connectivity index (χ2v) is 5.76. The van der Waals surface area contributed by atoms with E-state index < -0.39 is 5.60 Å². The molecule has 1 fully saturated rings. The monoisotopic (exact) mass is 287 g/mol. The van der Waals surface area contributed by atoms with Gasteiger partial charge in [-0.05, 0) is 34.1 Å². The predicted octanol–water partition coefficient (Wildman–Crippen LogP) is 1.97. The Kier molecular flexibility index (Phi) is 6.26. The maximum absolute atomic E-state index is 12.0. The molecule has 0 aromatic carbocycles. The van der Waals surface area contributed by atoms with Gasteiger partial charge in [0.1, 0.15) is 5.60 Å². The van der Waals surface area contributed by atoms with Gasteiger partial charge in [-0.1, -0.05) is 0 Å². The number of carbonyl (C=O) groups is 2. The molecular weight excluding hydrogens is 262 g/mol. The first-order valence-corrected chi connectivity index (χ1v) is 7.07. The van der Waals surface area contributed by atoms with Crippen LogP contribution in [0.4, 0.5) is 4.79 Å². The van der Waals surface area contributed by atoms with Gasteiger partial charge >= 0.3 is 12.1 Å².